The summed E-state index contributed by atoms with van der Waals surface area (Å²) in [5, 5.41) is 4.54. The molecule has 1 saturated carbocycles. The van der Waals surface area contributed by atoms with Crippen LogP contribution in [0.15, 0.2) is 48.8 Å². The number of anilines is 2. The molecule has 5 heteroatoms. The summed E-state index contributed by atoms with van der Waals surface area (Å²) in [7, 11) is 0. The molecule has 1 aromatic carbocycles. The van der Waals surface area contributed by atoms with Crippen LogP contribution in [0.4, 0.5) is 11.6 Å². The normalized spacial score (nSPS) is 20.7. The molecule has 1 aliphatic carbocycles. The van der Waals surface area contributed by atoms with E-state index in [0.717, 1.165) is 17.6 Å². The van der Waals surface area contributed by atoms with Crippen LogP contribution in [0.2, 0.25) is 0 Å². The average molecular weight is 305 g/mol. The van der Waals surface area contributed by atoms with Crippen molar-refractivity contribution in [2.45, 2.75) is 31.2 Å². The van der Waals surface area contributed by atoms with Crippen molar-refractivity contribution < 1.29 is 0 Å². The lowest BCUT2D eigenvalue weighted by Gasteiger charge is -2.22. The number of nitrogens with one attached hydrogen (secondary N) is 1. The van der Waals surface area contributed by atoms with Crippen LogP contribution in [-0.2, 0) is 0 Å². The van der Waals surface area contributed by atoms with Gasteiger partial charge in [0.1, 0.15) is 18.0 Å². The van der Waals surface area contributed by atoms with Gasteiger partial charge in [0, 0.05) is 12.0 Å². The first-order valence-corrected chi connectivity index (χ1v) is 8.00. The molecule has 2 aromatic heterocycles. The number of benzene rings is 1. The van der Waals surface area contributed by atoms with E-state index in [1.165, 1.54) is 18.4 Å². The maximum atomic E-state index is 5.74. The monoisotopic (exact) mass is 305 g/mol. The Morgan fingerprint density at radius 1 is 1.00 bits per heavy atom. The van der Waals surface area contributed by atoms with Gasteiger partial charge in [-0.1, -0.05) is 36.8 Å². The van der Waals surface area contributed by atoms with Gasteiger partial charge in [0.15, 0.2) is 5.65 Å². The molecule has 5 nitrogen and oxygen atoms in total. The van der Waals surface area contributed by atoms with E-state index in [1.54, 1.807) is 12.4 Å². The van der Waals surface area contributed by atoms with Gasteiger partial charge in [0.05, 0.1) is 5.39 Å². The summed E-state index contributed by atoms with van der Waals surface area (Å²) in [6.07, 6.45) is 5.12. The van der Waals surface area contributed by atoms with Crippen LogP contribution in [0.3, 0.4) is 0 Å². The third-order valence-electron chi connectivity index (χ3n) is 4.58. The molecular weight excluding hydrogens is 286 g/mol. The molecule has 0 radical (unpaired) electrons. The van der Waals surface area contributed by atoms with Gasteiger partial charge < -0.3 is 11.1 Å². The summed E-state index contributed by atoms with van der Waals surface area (Å²) >= 11 is 0. The van der Waals surface area contributed by atoms with Gasteiger partial charge in [-0.2, -0.15) is 0 Å². The van der Waals surface area contributed by atoms with Gasteiger partial charge in [-0.3, -0.25) is 0 Å². The zero-order valence-corrected chi connectivity index (χ0v) is 12.8. The van der Waals surface area contributed by atoms with Crippen molar-refractivity contribution in [3.8, 4) is 0 Å². The third-order valence-corrected chi connectivity index (χ3v) is 4.58. The Balaban J connectivity index is 1.65. The number of hydrogen-bond acceptors (Lipinski definition) is 5. The molecule has 4 rings (SSSR count). The van der Waals surface area contributed by atoms with Crippen LogP contribution >= 0.6 is 0 Å². The molecule has 116 valence electrons. The van der Waals surface area contributed by atoms with Crippen LogP contribution in [-0.4, -0.2) is 21.0 Å². The second-order valence-corrected chi connectivity index (χ2v) is 6.03. The zero-order valence-electron chi connectivity index (χ0n) is 12.8. The Morgan fingerprint density at radius 2 is 1.87 bits per heavy atom. The second-order valence-electron chi connectivity index (χ2n) is 6.03. The molecule has 2 atom stereocenters. The van der Waals surface area contributed by atoms with Crippen LogP contribution in [0.5, 0.6) is 0 Å². The highest BCUT2D eigenvalue weighted by molar-refractivity contribution is 5.87. The Morgan fingerprint density at radius 3 is 2.74 bits per heavy atom. The van der Waals surface area contributed by atoms with Crippen LogP contribution in [0, 0.1) is 0 Å². The smallest absolute Gasteiger partial charge is 0.166 e. The fourth-order valence-corrected chi connectivity index (χ4v) is 3.48. The highest BCUT2D eigenvalue weighted by atomic mass is 15.1. The van der Waals surface area contributed by atoms with Crippen molar-refractivity contribution in [1.82, 2.24) is 15.0 Å². The molecule has 1 aliphatic rings. The first kappa shape index (κ1) is 13.9. The summed E-state index contributed by atoms with van der Waals surface area (Å²) in [5.74, 6) is 1.84. The predicted molar refractivity (Wildman–Crippen MR) is 92.2 cm³/mol. The van der Waals surface area contributed by atoms with E-state index in [9.17, 15) is 0 Å². The van der Waals surface area contributed by atoms with Crippen LogP contribution < -0.4 is 11.1 Å². The third kappa shape index (κ3) is 2.70. The van der Waals surface area contributed by atoms with Gasteiger partial charge in [-0.25, -0.2) is 15.0 Å². The van der Waals surface area contributed by atoms with E-state index < -0.39 is 0 Å². The molecule has 1 fully saturated rings. The predicted octanol–water partition coefficient (Wildman–Crippen LogP) is 3.36. The van der Waals surface area contributed by atoms with Crippen molar-refractivity contribution in [2.24, 2.45) is 0 Å². The summed E-state index contributed by atoms with van der Waals surface area (Å²) in [6, 6.07) is 14.8. The van der Waals surface area contributed by atoms with Gasteiger partial charge in [-0.05, 0) is 30.5 Å². The maximum absolute atomic E-state index is 5.74. The number of nitrogens with two attached hydrogens (primary N) is 1. The lowest BCUT2D eigenvalue weighted by molar-refractivity contribution is 0.648. The van der Waals surface area contributed by atoms with Crippen molar-refractivity contribution in [1.29, 1.82) is 0 Å². The van der Waals surface area contributed by atoms with Crippen LogP contribution in [0.25, 0.3) is 11.0 Å². The zero-order chi connectivity index (χ0) is 15.6. The van der Waals surface area contributed by atoms with Crippen molar-refractivity contribution in [3.05, 3.63) is 54.4 Å². The summed E-state index contributed by atoms with van der Waals surface area (Å²) < 4.78 is 0. The highest BCUT2D eigenvalue weighted by Crippen LogP contribution is 2.36. The molecule has 0 unspecified atom stereocenters. The molecule has 0 aliphatic heterocycles. The topological polar surface area (TPSA) is 76.7 Å². The fraction of sp³-hybridized carbons (Fsp3) is 0.278. The fourth-order valence-electron chi connectivity index (χ4n) is 3.48. The number of nitrogen functional groups attached to an aromatic ring is 1. The minimum Gasteiger partial charge on any atom is -0.384 e. The van der Waals surface area contributed by atoms with Crippen molar-refractivity contribution >= 4 is 22.7 Å². The van der Waals surface area contributed by atoms with Crippen molar-refractivity contribution in [2.75, 3.05) is 11.1 Å². The first-order valence-electron chi connectivity index (χ1n) is 8.00. The van der Waals surface area contributed by atoms with Gasteiger partial charge in [0.25, 0.3) is 0 Å². The molecule has 3 aromatic rings. The largest absolute Gasteiger partial charge is 0.384 e. The number of fused-ring (bicyclic) bond motifs is 1. The van der Waals surface area contributed by atoms with Gasteiger partial charge in [-0.15, -0.1) is 0 Å². The molecule has 3 N–H and O–H groups in total. The van der Waals surface area contributed by atoms with E-state index in [1.807, 2.05) is 6.07 Å². The highest BCUT2D eigenvalue weighted by Gasteiger charge is 2.29. The minimum atomic E-state index is 0.382. The van der Waals surface area contributed by atoms with E-state index in [4.69, 9.17) is 5.73 Å². The lowest BCUT2D eigenvalue weighted by atomic mass is 9.94. The Kier molecular flexibility index (Phi) is 3.54. The Labute approximate surface area is 135 Å². The molecule has 0 saturated heterocycles. The second kappa shape index (κ2) is 5.83. The summed E-state index contributed by atoms with van der Waals surface area (Å²) in [6.45, 7) is 0. The molecule has 2 heterocycles. The molecule has 23 heavy (non-hydrogen) atoms. The standard InChI is InChI=1S/C18H19N5/c19-16-10-9-14-17(20-11-21-18(14)23-16)22-15-8-4-7-13(15)12-5-2-1-3-6-12/h1-3,5-6,9-11,13,15H,4,7-8H2,(H3,19,20,21,22,23)/t13-,15-/m1/s1. The first-order chi connectivity index (χ1) is 11.3. The molecular formula is C18H19N5. The molecule has 0 amide bonds. The van der Waals surface area contributed by atoms with E-state index in [2.05, 4.69) is 50.6 Å². The number of hydrogen-bond donors (Lipinski definition) is 2. The average Bonchev–Trinajstić information content (AvgIpc) is 3.04. The summed E-state index contributed by atoms with van der Waals surface area (Å²) in [5.41, 5.74) is 7.77. The minimum absolute atomic E-state index is 0.382. The van der Waals surface area contributed by atoms with Gasteiger partial charge >= 0.3 is 0 Å². The number of nitrogens with zero attached hydrogens (tertiary/aromatic N) is 3. The molecule has 0 bridgehead atoms. The maximum Gasteiger partial charge on any atom is 0.166 e. The number of aromatic nitrogens is 3. The molecule has 0 spiro atoms. The SMILES string of the molecule is Nc1ccc2c(N[C@@H]3CCC[C@@H]3c3ccccc3)ncnc2n1. The van der Waals surface area contributed by atoms with Gasteiger partial charge in [0.2, 0.25) is 0 Å². The lowest BCUT2D eigenvalue weighted by Crippen LogP contribution is -2.23. The Bertz CT molecular complexity index is 818. The van der Waals surface area contributed by atoms with Crippen LogP contribution in [0.1, 0.15) is 30.7 Å². The van der Waals surface area contributed by atoms with Crippen molar-refractivity contribution in [3.63, 3.8) is 0 Å². The summed E-state index contributed by atoms with van der Waals surface area (Å²) in [4.78, 5) is 12.9. The number of pyridine rings is 1. The van der Waals surface area contributed by atoms with E-state index in [-0.39, 0.29) is 0 Å². The van der Waals surface area contributed by atoms with E-state index >= 15 is 0 Å². The van der Waals surface area contributed by atoms with E-state index in [0.29, 0.717) is 23.4 Å². The quantitative estimate of drug-likeness (QED) is 0.776. The Hall–Kier alpha value is -2.69. The number of rotatable bonds is 3.